The van der Waals surface area contributed by atoms with Crippen LogP contribution in [0.15, 0.2) is 21.9 Å². The first-order valence-electron chi connectivity index (χ1n) is 8.98. The van der Waals surface area contributed by atoms with E-state index in [2.05, 4.69) is 10.1 Å². The van der Waals surface area contributed by atoms with Gasteiger partial charge < -0.3 is 0 Å². The van der Waals surface area contributed by atoms with Gasteiger partial charge in [-0.15, -0.1) is 0 Å². The zero-order valence-corrected chi connectivity index (χ0v) is 16.2. The van der Waals surface area contributed by atoms with Crippen LogP contribution in [0, 0.1) is 0 Å². The summed E-state index contributed by atoms with van der Waals surface area (Å²) < 4.78 is 32.8. The van der Waals surface area contributed by atoms with Gasteiger partial charge in [-0.1, -0.05) is 0 Å². The molecular weight excluding hydrogens is 400 g/mol. The predicted octanol–water partition coefficient (Wildman–Crippen LogP) is 0.567. The van der Waals surface area contributed by atoms with Crippen molar-refractivity contribution in [2.24, 2.45) is 0 Å². The van der Waals surface area contributed by atoms with E-state index in [0.29, 0.717) is 6.42 Å². The van der Waals surface area contributed by atoms with Crippen LogP contribution in [0.1, 0.15) is 31.9 Å². The van der Waals surface area contributed by atoms with E-state index in [0.717, 1.165) is 25.0 Å². The van der Waals surface area contributed by atoms with Gasteiger partial charge in [-0.3, -0.25) is 0 Å². The Morgan fingerprint density at radius 1 is 1.44 bits per heavy atom. The number of fused-ring (bicyclic) bond motifs is 2. The number of alkyl halides is 1. The van der Waals surface area contributed by atoms with Gasteiger partial charge in [0.05, 0.1) is 0 Å². The number of aromatic nitrogens is 2. The van der Waals surface area contributed by atoms with Crippen molar-refractivity contribution in [1.29, 1.82) is 0 Å². The van der Waals surface area contributed by atoms with Crippen molar-refractivity contribution in [3.05, 3.63) is 33.1 Å². The van der Waals surface area contributed by atoms with Crippen LogP contribution in [0.4, 0.5) is 4.39 Å². The minimum atomic E-state index is -3.76. The third kappa shape index (κ3) is 2.75. The van der Waals surface area contributed by atoms with Gasteiger partial charge in [-0.2, -0.15) is 0 Å². The molecule has 5 rings (SSSR count). The number of H-pyrrole nitrogens is 1. The van der Waals surface area contributed by atoms with Gasteiger partial charge in [0, 0.05) is 0 Å². The van der Waals surface area contributed by atoms with Gasteiger partial charge in [0.15, 0.2) is 0 Å². The molecule has 0 bridgehead atoms. The molecule has 150 valence electrons. The minimum absolute atomic E-state index is 0.110. The van der Waals surface area contributed by atoms with Crippen molar-refractivity contribution in [2.45, 2.75) is 54.7 Å². The Kier molecular flexibility index (Phi) is 4.11. The number of rotatable bonds is 3. The molecule has 3 N–H and O–H groups in total. The van der Waals surface area contributed by atoms with Gasteiger partial charge in [0.1, 0.15) is 0 Å². The Bertz CT molecular complexity index is 876. The summed E-state index contributed by atoms with van der Waals surface area (Å²) in [7, 11) is -3.76. The van der Waals surface area contributed by atoms with Crippen LogP contribution < -0.4 is 16.3 Å². The molecule has 1 unspecified atom stereocenters. The molecule has 4 heterocycles. The molecule has 4 atom stereocenters. The molecular formula is C15H21FN3O6PS. The molecule has 4 aliphatic rings. The van der Waals surface area contributed by atoms with Crippen molar-refractivity contribution in [3.63, 3.8) is 0 Å². The van der Waals surface area contributed by atoms with Crippen molar-refractivity contribution in [1.82, 2.24) is 14.6 Å². The number of ether oxygens (including phenoxy) is 1. The average Bonchev–Trinajstić information content (AvgIpc) is 2.80. The van der Waals surface area contributed by atoms with E-state index in [4.69, 9.17) is 13.8 Å². The summed E-state index contributed by atoms with van der Waals surface area (Å²) in [5, 5.41) is 3.02. The molecule has 1 aliphatic carbocycles. The fraction of sp³-hybridized carbons (Fsp3) is 0.733. The summed E-state index contributed by atoms with van der Waals surface area (Å²) >= 11 is 1.44. The Labute approximate surface area is 158 Å². The van der Waals surface area contributed by atoms with Crippen LogP contribution in [0.2, 0.25) is 0 Å². The zero-order valence-electron chi connectivity index (χ0n) is 14.4. The molecule has 1 saturated carbocycles. The summed E-state index contributed by atoms with van der Waals surface area (Å²) in [5.74, 6) is -1.53. The first-order chi connectivity index (χ1) is 12.8. The predicted molar refractivity (Wildman–Crippen MR) is 97.2 cm³/mol. The van der Waals surface area contributed by atoms with Crippen LogP contribution in [-0.2, 0) is 13.8 Å². The van der Waals surface area contributed by atoms with Crippen molar-refractivity contribution < 1.29 is 23.1 Å². The van der Waals surface area contributed by atoms with E-state index in [1.54, 1.807) is 0 Å². The summed E-state index contributed by atoms with van der Waals surface area (Å²) in [4.78, 5) is 36.6. The van der Waals surface area contributed by atoms with Crippen LogP contribution in [0.25, 0.3) is 0 Å². The molecule has 0 radical (unpaired) electrons. The van der Waals surface area contributed by atoms with Gasteiger partial charge in [0.2, 0.25) is 0 Å². The Morgan fingerprint density at radius 2 is 2.22 bits per heavy atom. The molecule has 3 saturated heterocycles. The van der Waals surface area contributed by atoms with E-state index in [1.807, 2.05) is 0 Å². The summed E-state index contributed by atoms with van der Waals surface area (Å²) in [6.07, 6.45) is 2.70. The SMILES string of the molecule is O=c1ccn([C@@H]2O[C@]3(F)CO[PH](O)(NC4CCC4)O[C@H]3C23CCS3)c(=O)[nH]1. The van der Waals surface area contributed by atoms with Crippen LogP contribution in [0.5, 0.6) is 0 Å². The fourth-order valence-electron chi connectivity index (χ4n) is 4.06. The maximum atomic E-state index is 15.6. The van der Waals surface area contributed by atoms with Crippen molar-refractivity contribution in [2.75, 3.05) is 12.4 Å². The van der Waals surface area contributed by atoms with Gasteiger partial charge >= 0.3 is 158 Å². The van der Waals surface area contributed by atoms with Gasteiger partial charge in [-0.25, -0.2) is 0 Å². The summed E-state index contributed by atoms with van der Waals surface area (Å²) in [6.45, 7) is -0.475. The molecule has 0 amide bonds. The molecule has 27 heavy (non-hydrogen) atoms. The standard InChI is InChI=1S/C15H21FN3O6PS/c16-15-8-23-26(22,18-9-2-1-3-9)25-11(15)14(5-7-27-14)12(24-15)19-6-4-10(20)17-13(19)21/h4,6,9,11-12,18,22,26H,1-3,5,7-8H2,(H,17,20,21)/t11-,12+,14?,15+/m0/s1. The molecule has 1 aromatic rings. The molecule has 4 fully saturated rings. The molecule has 0 aromatic carbocycles. The number of aromatic amines is 1. The second-order valence-corrected chi connectivity index (χ2v) is 10.9. The molecule has 9 nitrogen and oxygen atoms in total. The van der Waals surface area contributed by atoms with E-state index in [1.165, 1.54) is 28.6 Å². The second-order valence-electron chi connectivity index (χ2n) is 7.47. The second kappa shape index (κ2) is 6.09. The van der Waals surface area contributed by atoms with Crippen LogP contribution in [-0.4, -0.2) is 49.6 Å². The van der Waals surface area contributed by atoms with E-state index < -0.39 is 48.9 Å². The topological polar surface area (TPSA) is 115 Å². The normalized spacial score (nSPS) is 41.6. The first kappa shape index (κ1) is 18.2. The number of halogens is 1. The first-order valence-corrected chi connectivity index (χ1v) is 11.7. The monoisotopic (exact) mass is 421 g/mol. The van der Waals surface area contributed by atoms with E-state index in [9.17, 15) is 14.5 Å². The van der Waals surface area contributed by atoms with Crippen LogP contribution >= 0.6 is 19.9 Å². The van der Waals surface area contributed by atoms with E-state index >= 15 is 4.39 Å². The van der Waals surface area contributed by atoms with E-state index in [-0.39, 0.29) is 6.04 Å². The van der Waals surface area contributed by atoms with Gasteiger partial charge in [-0.05, 0) is 0 Å². The summed E-state index contributed by atoms with van der Waals surface area (Å²) in [5.41, 5.74) is -1.22. The zero-order chi connectivity index (χ0) is 18.9. The van der Waals surface area contributed by atoms with Crippen molar-refractivity contribution in [3.8, 4) is 0 Å². The molecule has 12 heteroatoms. The Morgan fingerprint density at radius 3 is 2.81 bits per heavy atom. The number of thioether (sulfide) groups is 1. The number of nitrogens with one attached hydrogen (secondary N) is 2. The molecule has 1 aromatic heterocycles. The quantitative estimate of drug-likeness (QED) is 0.607. The van der Waals surface area contributed by atoms with Crippen molar-refractivity contribution >= 4 is 19.9 Å². The number of hydrogen-bond donors (Lipinski definition) is 3. The van der Waals surface area contributed by atoms with Crippen LogP contribution in [0.3, 0.4) is 0 Å². The molecule has 3 aliphatic heterocycles. The average molecular weight is 421 g/mol. The third-order valence-electron chi connectivity index (χ3n) is 5.76. The number of hydrogen-bond acceptors (Lipinski definition) is 8. The fourth-order valence-corrected chi connectivity index (χ4v) is 7.62. The Hall–Kier alpha value is -0.810. The maximum absolute atomic E-state index is 15.6. The third-order valence-corrected chi connectivity index (χ3v) is 9.19. The summed E-state index contributed by atoms with van der Waals surface area (Å²) in [6, 6.07) is 1.30. The number of nitrogens with zero attached hydrogens (tertiary/aromatic N) is 1. The Balaban J connectivity index is 1.49. The molecule has 1 spiro atoms. The van der Waals surface area contributed by atoms with Gasteiger partial charge in [0.25, 0.3) is 0 Å².